The Labute approximate surface area is 118 Å². The Morgan fingerprint density at radius 1 is 1.05 bits per heavy atom. The molecule has 1 atom stereocenters. The maximum atomic E-state index is 13.5. The fraction of sp³-hybridized carbons (Fsp3) is 0.250. The minimum atomic E-state index is -0.340. The second-order valence-electron chi connectivity index (χ2n) is 4.91. The molecule has 2 N–H and O–H groups in total. The van der Waals surface area contributed by atoms with Gasteiger partial charge in [0.25, 0.3) is 0 Å². The second kappa shape index (κ2) is 5.32. The van der Waals surface area contributed by atoms with Gasteiger partial charge in [-0.15, -0.1) is 0 Å². The van der Waals surface area contributed by atoms with Crippen molar-refractivity contribution in [3.8, 4) is 0 Å². The Morgan fingerprint density at radius 3 is 2.21 bits per heavy atom. The number of rotatable bonds is 2. The van der Waals surface area contributed by atoms with Gasteiger partial charge in [-0.1, -0.05) is 29.8 Å². The van der Waals surface area contributed by atoms with E-state index in [1.165, 1.54) is 6.07 Å². The van der Waals surface area contributed by atoms with E-state index in [0.717, 1.165) is 22.3 Å². The van der Waals surface area contributed by atoms with Crippen molar-refractivity contribution >= 4 is 11.6 Å². The normalized spacial score (nSPS) is 12.5. The van der Waals surface area contributed by atoms with Gasteiger partial charge in [-0.25, -0.2) is 4.39 Å². The van der Waals surface area contributed by atoms with E-state index in [1.54, 1.807) is 13.0 Å². The SMILES string of the molecule is Cc1cc(C(N)c2c(C)cccc2C)c(Cl)cc1F. The van der Waals surface area contributed by atoms with Crippen molar-refractivity contribution in [2.75, 3.05) is 0 Å². The first-order chi connectivity index (χ1) is 8.91. The molecular formula is C16H17ClFN. The molecule has 2 rings (SSSR count). The van der Waals surface area contributed by atoms with Crippen LogP contribution >= 0.6 is 11.6 Å². The van der Waals surface area contributed by atoms with Crippen molar-refractivity contribution < 1.29 is 4.39 Å². The number of hydrogen-bond acceptors (Lipinski definition) is 1. The molecule has 0 spiro atoms. The molecule has 1 unspecified atom stereocenters. The standard InChI is InChI=1S/C16H17ClFN/c1-9-5-4-6-10(2)15(9)16(19)12-7-11(3)14(18)8-13(12)17/h4-8,16H,19H2,1-3H3. The highest BCUT2D eigenvalue weighted by molar-refractivity contribution is 6.31. The maximum Gasteiger partial charge on any atom is 0.127 e. The molecule has 0 heterocycles. The molecule has 2 aromatic carbocycles. The molecule has 19 heavy (non-hydrogen) atoms. The molecule has 1 nitrogen and oxygen atoms in total. The number of nitrogens with two attached hydrogens (primary N) is 1. The zero-order valence-corrected chi connectivity index (χ0v) is 12.1. The Hall–Kier alpha value is -1.38. The van der Waals surface area contributed by atoms with Crippen molar-refractivity contribution in [3.05, 3.63) is 69.0 Å². The Bertz CT molecular complexity index is 602. The summed E-state index contributed by atoms with van der Waals surface area (Å²) >= 11 is 6.13. The molecule has 0 saturated carbocycles. The molecule has 0 saturated heterocycles. The van der Waals surface area contributed by atoms with Crippen LogP contribution in [0.25, 0.3) is 0 Å². The van der Waals surface area contributed by atoms with Gasteiger partial charge < -0.3 is 5.73 Å². The Kier molecular flexibility index (Phi) is 3.93. The first-order valence-corrected chi connectivity index (χ1v) is 6.57. The van der Waals surface area contributed by atoms with Gasteiger partial charge in [0.15, 0.2) is 0 Å². The quantitative estimate of drug-likeness (QED) is 0.862. The molecule has 0 aliphatic carbocycles. The minimum Gasteiger partial charge on any atom is -0.320 e. The number of halogens is 2. The average molecular weight is 278 g/mol. The van der Waals surface area contributed by atoms with Crippen LogP contribution < -0.4 is 5.73 Å². The fourth-order valence-corrected chi connectivity index (χ4v) is 2.66. The summed E-state index contributed by atoms with van der Waals surface area (Å²) in [6, 6.07) is 8.76. The van der Waals surface area contributed by atoms with Crippen molar-refractivity contribution in [1.29, 1.82) is 0 Å². The largest absolute Gasteiger partial charge is 0.320 e. The number of aryl methyl sites for hydroxylation is 3. The van der Waals surface area contributed by atoms with Gasteiger partial charge in [-0.3, -0.25) is 0 Å². The van der Waals surface area contributed by atoms with Gasteiger partial charge in [-0.2, -0.15) is 0 Å². The van der Waals surface area contributed by atoms with Crippen LogP contribution in [0.3, 0.4) is 0 Å². The smallest absolute Gasteiger partial charge is 0.127 e. The molecule has 0 aliphatic rings. The monoisotopic (exact) mass is 277 g/mol. The lowest BCUT2D eigenvalue weighted by atomic mass is 9.91. The molecule has 3 heteroatoms. The van der Waals surface area contributed by atoms with E-state index in [0.29, 0.717) is 10.6 Å². The molecule has 100 valence electrons. The summed E-state index contributed by atoms with van der Waals surface area (Å²) in [6.45, 7) is 5.76. The van der Waals surface area contributed by atoms with E-state index in [-0.39, 0.29) is 11.9 Å². The third-order valence-corrected chi connectivity index (χ3v) is 3.79. The van der Waals surface area contributed by atoms with E-state index in [2.05, 4.69) is 0 Å². The van der Waals surface area contributed by atoms with E-state index in [4.69, 9.17) is 17.3 Å². The number of hydrogen-bond donors (Lipinski definition) is 1. The summed E-state index contributed by atoms with van der Waals surface area (Å²) in [5, 5.41) is 0.373. The van der Waals surface area contributed by atoms with Crippen LogP contribution in [0.2, 0.25) is 5.02 Å². The lowest BCUT2D eigenvalue weighted by Crippen LogP contribution is -2.15. The van der Waals surface area contributed by atoms with Crippen LogP contribution in [0.4, 0.5) is 4.39 Å². The van der Waals surface area contributed by atoms with Crippen LogP contribution in [0, 0.1) is 26.6 Å². The minimum absolute atomic E-state index is 0.303. The van der Waals surface area contributed by atoms with E-state index < -0.39 is 0 Å². The van der Waals surface area contributed by atoms with Crippen LogP contribution in [-0.2, 0) is 0 Å². The van der Waals surface area contributed by atoms with Gasteiger partial charge in [0.2, 0.25) is 0 Å². The van der Waals surface area contributed by atoms with Crippen molar-refractivity contribution in [3.63, 3.8) is 0 Å². The van der Waals surface area contributed by atoms with Gasteiger partial charge in [0, 0.05) is 5.02 Å². The number of benzene rings is 2. The van der Waals surface area contributed by atoms with Crippen molar-refractivity contribution in [2.24, 2.45) is 5.73 Å². The van der Waals surface area contributed by atoms with Gasteiger partial charge in [-0.05, 0) is 60.7 Å². The molecule has 0 bridgehead atoms. The lowest BCUT2D eigenvalue weighted by molar-refractivity contribution is 0.617. The zero-order valence-electron chi connectivity index (χ0n) is 11.3. The summed E-state index contributed by atoms with van der Waals surface area (Å²) in [7, 11) is 0. The molecule has 0 radical (unpaired) electrons. The average Bonchev–Trinajstić information content (AvgIpc) is 2.33. The van der Waals surface area contributed by atoms with Crippen LogP contribution in [0.1, 0.15) is 33.9 Å². The summed E-state index contributed by atoms with van der Waals surface area (Å²) in [6.07, 6.45) is 0. The van der Waals surface area contributed by atoms with E-state index in [1.807, 2.05) is 32.0 Å². The second-order valence-corrected chi connectivity index (χ2v) is 5.31. The van der Waals surface area contributed by atoms with Gasteiger partial charge >= 0.3 is 0 Å². The molecule has 0 aromatic heterocycles. The topological polar surface area (TPSA) is 26.0 Å². The highest BCUT2D eigenvalue weighted by atomic mass is 35.5. The van der Waals surface area contributed by atoms with Crippen LogP contribution in [0.5, 0.6) is 0 Å². The van der Waals surface area contributed by atoms with Crippen LogP contribution in [0.15, 0.2) is 30.3 Å². The van der Waals surface area contributed by atoms with E-state index in [9.17, 15) is 4.39 Å². The van der Waals surface area contributed by atoms with E-state index >= 15 is 0 Å². The third kappa shape index (κ3) is 2.65. The summed E-state index contributed by atoms with van der Waals surface area (Å²) in [5.74, 6) is -0.303. The van der Waals surface area contributed by atoms with Crippen molar-refractivity contribution in [1.82, 2.24) is 0 Å². The molecule has 0 fully saturated rings. The molecular weight excluding hydrogens is 261 g/mol. The predicted octanol–water partition coefficient (Wildman–Crippen LogP) is 4.45. The third-order valence-electron chi connectivity index (χ3n) is 3.47. The lowest BCUT2D eigenvalue weighted by Gasteiger charge is -2.19. The summed E-state index contributed by atoms with van der Waals surface area (Å²) in [5.41, 5.74) is 10.9. The van der Waals surface area contributed by atoms with Crippen molar-refractivity contribution in [2.45, 2.75) is 26.8 Å². The molecule has 2 aromatic rings. The zero-order chi connectivity index (χ0) is 14.2. The Morgan fingerprint density at radius 2 is 1.63 bits per heavy atom. The maximum absolute atomic E-state index is 13.5. The fourth-order valence-electron chi connectivity index (χ4n) is 2.39. The summed E-state index contributed by atoms with van der Waals surface area (Å²) in [4.78, 5) is 0. The predicted molar refractivity (Wildman–Crippen MR) is 78.1 cm³/mol. The van der Waals surface area contributed by atoms with Gasteiger partial charge in [0.05, 0.1) is 6.04 Å². The first-order valence-electron chi connectivity index (χ1n) is 6.19. The first kappa shape index (κ1) is 14.0. The molecule has 0 aliphatic heterocycles. The highest BCUT2D eigenvalue weighted by Gasteiger charge is 2.18. The summed E-state index contributed by atoms with van der Waals surface area (Å²) < 4.78 is 13.5. The molecule has 0 amide bonds. The Balaban J connectivity index is 2.56. The van der Waals surface area contributed by atoms with Crippen LogP contribution in [-0.4, -0.2) is 0 Å². The van der Waals surface area contributed by atoms with Gasteiger partial charge in [0.1, 0.15) is 5.82 Å². The highest BCUT2D eigenvalue weighted by Crippen LogP contribution is 2.31.